The van der Waals surface area contributed by atoms with Crippen molar-refractivity contribution < 1.29 is 0 Å². The quantitative estimate of drug-likeness (QED) is 0.386. The van der Waals surface area contributed by atoms with Gasteiger partial charge in [0.1, 0.15) is 5.82 Å². The molecule has 5 nitrogen and oxygen atoms in total. The Labute approximate surface area is 172 Å². The second kappa shape index (κ2) is 5.97. The number of fused-ring (bicyclic) bond motifs is 5. The van der Waals surface area contributed by atoms with Crippen LogP contribution in [0.3, 0.4) is 0 Å². The normalized spacial score (nSPS) is 13.7. The van der Waals surface area contributed by atoms with Crippen LogP contribution in [0, 0.1) is 0 Å². The largest absolute Gasteiger partial charge is 0.278 e. The van der Waals surface area contributed by atoms with E-state index in [1.165, 1.54) is 0 Å². The summed E-state index contributed by atoms with van der Waals surface area (Å²) in [6.07, 6.45) is 1.94. The Morgan fingerprint density at radius 1 is 0.724 bits per heavy atom. The molecule has 4 heterocycles. The van der Waals surface area contributed by atoms with Crippen molar-refractivity contribution in [3.63, 3.8) is 0 Å². The van der Waals surface area contributed by atoms with Gasteiger partial charge in [-0.15, -0.1) is 0 Å². The van der Waals surface area contributed by atoms with Crippen LogP contribution in [-0.2, 0) is 16.2 Å². The molecule has 0 fully saturated rings. The van der Waals surface area contributed by atoms with Crippen LogP contribution < -0.4 is 0 Å². The van der Waals surface area contributed by atoms with Gasteiger partial charge in [0, 0.05) is 27.6 Å². The molecule has 5 heteroatoms. The highest BCUT2D eigenvalue weighted by Crippen LogP contribution is 2.32. The van der Waals surface area contributed by atoms with Gasteiger partial charge in [0.2, 0.25) is 0 Å². The van der Waals surface area contributed by atoms with Crippen LogP contribution in [-0.4, -0.2) is 24.3 Å². The molecule has 0 aliphatic carbocycles. The summed E-state index contributed by atoms with van der Waals surface area (Å²) in [7, 11) is 0. The van der Waals surface area contributed by atoms with Crippen LogP contribution in [0.1, 0.15) is 79.5 Å². The van der Waals surface area contributed by atoms with E-state index in [-0.39, 0.29) is 16.2 Å². The van der Waals surface area contributed by atoms with Gasteiger partial charge in [-0.05, 0) is 18.2 Å². The van der Waals surface area contributed by atoms with Crippen LogP contribution in [0.15, 0.2) is 24.4 Å². The maximum atomic E-state index is 5.03. The Morgan fingerprint density at radius 2 is 1.38 bits per heavy atom. The minimum atomic E-state index is -0.164. The molecule has 0 aliphatic rings. The lowest BCUT2D eigenvalue weighted by molar-refractivity contribution is 0.540. The zero-order chi connectivity index (χ0) is 21.4. The van der Waals surface area contributed by atoms with Gasteiger partial charge >= 0.3 is 0 Å². The van der Waals surface area contributed by atoms with Gasteiger partial charge in [-0.25, -0.2) is 15.0 Å². The fraction of sp³-hybridized carbons (Fsp3) is 0.500. The van der Waals surface area contributed by atoms with E-state index in [0.717, 1.165) is 44.9 Å². The van der Waals surface area contributed by atoms with Crippen LogP contribution in [0.5, 0.6) is 0 Å². The molecule has 0 unspecified atom stereocenters. The van der Waals surface area contributed by atoms with E-state index >= 15 is 0 Å². The van der Waals surface area contributed by atoms with Crippen molar-refractivity contribution in [2.45, 2.75) is 78.6 Å². The number of rotatable bonds is 0. The molecule has 152 valence electrons. The summed E-state index contributed by atoms with van der Waals surface area (Å²) in [5.74, 6) is 0.950. The molecule has 0 saturated heterocycles. The molecule has 0 aliphatic heterocycles. The number of pyridine rings is 2. The number of imidazole rings is 1. The van der Waals surface area contributed by atoms with E-state index in [9.17, 15) is 0 Å². The van der Waals surface area contributed by atoms with Crippen LogP contribution in [0.2, 0.25) is 0 Å². The van der Waals surface area contributed by atoms with Gasteiger partial charge in [-0.1, -0.05) is 62.3 Å². The van der Waals surface area contributed by atoms with Crippen molar-refractivity contribution in [1.29, 1.82) is 0 Å². The molecule has 0 atom stereocenters. The predicted octanol–water partition coefficient (Wildman–Crippen LogP) is 5.72. The SMILES string of the molecule is CC(C)(C)c1cc2nc3c4ccc(C(C)(C)C)nc4nc(C(C)(C)C)n3c2cn1. The topological polar surface area (TPSA) is 56.0 Å². The van der Waals surface area contributed by atoms with Crippen molar-refractivity contribution in [2.75, 3.05) is 0 Å². The van der Waals surface area contributed by atoms with Gasteiger partial charge < -0.3 is 0 Å². The Morgan fingerprint density at radius 3 is 1.97 bits per heavy atom. The summed E-state index contributed by atoms with van der Waals surface area (Å²) >= 11 is 0. The molecular weight excluding hydrogens is 358 g/mol. The Kier molecular flexibility index (Phi) is 4.07. The minimum Gasteiger partial charge on any atom is -0.278 e. The van der Waals surface area contributed by atoms with E-state index in [1.54, 1.807) is 0 Å². The molecule has 0 radical (unpaired) electrons. The second-order valence-corrected chi connectivity index (χ2v) is 11.1. The van der Waals surface area contributed by atoms with Gasteiger partial charge in [0.05, 0.1) is 22.6 Å². The van der Waals surface area contributed by atoms with Crippen LogP contribution >= 0.6 is 0 Å². The van der Waals surface area contributed by atoms with E-state index in [2.05, 4.69) is 84.9 Å². The molecule has 29 heavy (non-hydrogen) atoms. The van der Waals surface area contributed by atoms with Gasteiger partial charge in [-0.3, -0.25) is 9.38 Å². The summed E-state index contributed by atoms with van der Waals surface area (Å²) < 4.78 is 2.16. The highest BCUT2D eigenvalue weighted by Gasteiger charge is 2.26. The van der Waals surface area contributed by atoms with E-state index in [4.69, 9.17) is 19.9 Å². The van der Waals surface area contributed by atoms with Gasteiger partial charge in [0.25, 0.3) is 0 Å². The monoisotopic (exact) mass is 389 g/mol. The summed E-state index contributed by atoms with van der Waals surface area (Å²) in [5, 5.41) is 0.972. The van der Waals surface area contributed by atoms with Crippen molar-refractivity contribution in [1.82, 2.24) is 24.3 Å². The predicted molar refractivity (Wildman–Crippen MR) is 120 cm³/mol. The molecule has 0 bridgehead atoms. The Balaban J connectivity index is 2.15. The van der Waals surface area contributed by atoms with Crippen LogP contribution in [0.4, 0.5) is 0 Å². The number of hydrogen-bond acceptors (Lipinski definition) is 4. The lowest BCUT2D eigenvalue weighted by atomic mass is 9.91. The van der Waals surface area contributed by atoms with Crippen molar-refractivity contribution in [2.24, 2.45) is 0 Å². The molecule has 4 rings (SSSR count). The first-order valence-electron chi connectivity index (χ1n) is 10.3. The molecule has 4 aromatic rings. The standard InChI is InChI=1S/C24H31N5/c1-22(2,3)17-11-10-14-19(27-17)28-21(24(7,8)9)29-16-13-25-18(23(4,5)6)12-15(16)26-20(14)29/h10-13H,1-9H3. The zero-order valence-corrected chi connectivity index (χ0v) is 19.0. The molecule has 0 N–H and O–H groups in total. The van der Waals surface area contributed by atoms with Gasteiger partial charge in [-0.2, -0.15) is 0 Å². The third kappa shape index (κ3) is 3.26. The molecular formula is C24H31N5. The number of hydrogen-bond donors (Lipinski definition) is 0. The molecule has 0 saturated carbocycles. The summed E-state index contributed by atoms with van der Waals surface area (Å²) in [5.41, 5.74) is 5.45. The lowest BCUT2D eigenvalue weighted by Crippen LogP contribution is -2.20. The van der Waals surface area contributed by atoms with Crippen molar-refractivity contribution >= 4 is 27.7 Å². The third-order valence-electron chi connectivity index (χ3n) is 5.29. The fourth-order valence-corrected chi connectivity index (χ4v) is 3.56. The van der Waals surface area contributed by atoms with Gasteiger partial charge in [0.15, 0.2) is 11.3 Å². The molecule has 0 spiro atoms. The Hall–Kier alpha value is -2.56. The lowest BCUT2D eigenvalue weighted by Gasteiger charge is -2.22. The highest BCUT2D eigenvalue weighted by atomic mass is 15.1. The smallest absolute Gasteiger partial charge is 0.165 e. The van der Waals surface area contributed by atoms with Crippen molar-refractivity contribution in [3.05, 3.63) is 41.6 Å². The van der Waals surface area contributed by atoms with E-state index in [1.807, 2.05) is 6.20 Å². The summed E-state index contributed by atoms with van der Waals surface area (Å²) in [6, 6.07) is 6.32. The summed E-state index contributed by atoms with van der Waals surface area (Å²) in [6.45, 7) is 19.6. The number of nitrogens with zero attached hydrogens (tertiary/aromatic N) is 5. The minimum absolute atomic E-state index is 0.0274. The first-order valence-corrected chi connectivity index (χ1v) is 10.3. The van der Waals surface area contributed by atoms with E-state index in [0.29, 0.717) is 0 Å². The third-order valence-corrected chi connectivity index (χ3v) is 5.29. The van der Waals surface area contributed by atoms with E-state index < -0.39 is 0 Å². The first-order chi connectivity index (χ1) is 13.3. The average Bonchev–Trinajstić information content (AvgIpc) is 2.96. The maximum absolute atomic E-state index is 5.03. The fourth-order valence-electron chi connectivity index (χ4n) is 3.56. The van der Waals surface area contributed by atoms with Crippen molar-refractivity contribution in [3.8, 4) is 0 Å². The first kappa shape index (κ1) is 19.7. The molecule has 0 aromatic carbocycles. The Bertz CT molecular complexity index is 1240. The highest BCUT2D eigenvalue weighted by molar-refractivity contribution is 5.95. The second-order valence-electron chi connectivity index (χ2n) is 11.1. The summed E-state index contributed by atoms with van der Waals surface area (Å²) in [4.78, 5) is 19.7. The van der Waals surface area contributed by atoms with Crippen LogP contribution in [0.25, 0.3) is 27.7 Å². The maximum Gasteiger partial charge on any atom is 0.165 e. The number of aromatic nitrogens is 5. The average molecular weight is 390 g/mol. The molecule has 0 amide bonds. The zero-order valence-electron chi connectivity index (χ0n) is 19.0. The molecule has 4 aromatic heterocycles.